The van der Waals surface area contributed by atoms with Crippen molar-refractivity contribution < 1.29 is 35.3 Å². The van der Waals surface area contributed by atoms with E-state index < -0.39 is 0 Å². The zero-order valence-electron chi connectivity index (χ0n) is 15.6. The molecule has 6 N–H and O–H groups in total. The van der Waals surface area contributed by atoms with Gasteiger partial charge in [-0.15, -0.1) is 0 Å². The molecule has 9 nitrogen and oxygen atoms in total. The third-order valence-electron chi connectivity index (χ3n) is 3.86. The average Bonchev–Trinajstić information content (AvgIpc) is 2.58. The van der Waals surface area contributed by atoms with Crippen LogP contribution >= 0.6 is 0 Å². The van der Waals surface area contributed by atoms with Crippen LogP contribution in [-0.2, 0) is 23.8 Å². The minimum Gasteiger partial charge on any atom is -0.378 e. The number of ether oxygens (including phenoxy) is 3. The Morgan fingerprint density at radius 2 is 0.960 bits per heavy atom. The first-order valence-corrected chi connectivity index (χ1v) is 8.90. The Bertz CT molecular complexity index is 370. The van der Waals surface area contributed by atoms with E-state index in [1.807, 2.05) is 0 Å². The van der Waals surface area contributed by atoms with Crippen LogP contribution in [0.15, 0.2) is 0 Å². The van der Waals surface area contributed by atoms with E-state index in [-0.39, 0.29) is 23.9 Å². The maximum Gasteiger partial charge on any atom is 0.280 e. The Hall–Kier alpha value is -1.26. The van der Waals surface area contributed by atoms with E-state index in [1.54, 1.807) is 23.6 Å². The number of carbonyl (C=O) groups is 2. The molecule has 0 spiro atoms. The van der Waals surface area contributed by atoms with Crippen LogP contribution in [0.3, 0.4) is 0 Å². The fourth-order valence-electron chi connectivity index (χ4n) is 2.41. The number of rotatable bonds is 2. The summed E-state index contributed by atoms with van der Waals surface area (Å²) in [4.78, 5) is 27.8. The first-order valence-electron chi connectivity index (χ1n) is 8.90. The van der Waals surface area contributed by atoms with Gasteiger partial charge in [-0.1, -0.05) is 0 Å². The van der Waals surface area contributed by atoms with Gasteiger partial charge in [0, 0.05) is 26.2 Å². The summed E-state index contributed by atoms with van der Waals surface area (Å²) in [6, 6.07) is -0.617. The van der Waals surface area contributed by atoms with Crippen molar-refractivity contribution in [2.45, 2.75) is 25.9 Å². The zero-order chi connectivity index (χ0) is 18.7. The van der Waals surface area contributed by atoms with Crippen LogP contribution in [-0.4, -0.2) is 99.5 Å². The standard InChI is InChI=1S/C16H32N4O5/c1-13(17)15(21)19-3-7-23-8-4-20(16(22)14(2)18)6-10-25-12-11-24-9-5-19/h13-14H,3-12,17-18H2,1-2H3/p+2/t13-,14+. The van der Waals surface area contributed by atoms with Crippen molar-refractivity contribution >= 4 is 11.8 Å². The van der Waals surface area contributed by atoms with Gasteiger partial charge in [-0.05, 0) is 13.8 Å². The highest BCUT2D eigenvalue weighted by Crippen LogP contribution is 1.98. The summed E-state index contributed by atoms with van der Waals surface area (Å²) in [5.41, 5.74) is 7.57. The molecule has 1 fully saturated rings. The summed E-state index contributed by atoms with van der Waals surface area (Å²) >= 11 is 0. The number of amides is 2. The second kappa shape index (κ2) is 12.2. The molecule has 0 radical (unpaired) electrons. The molecule has 0 aliphatic carbocycles. The minimum absolute atomic E-state index is 0.0181. The van der Waals surface area contributed by atoms with Crippen LogP contribution in [0.2, 0.25) is 0 Å². The number of quaternary nitrogens is 2. The lowest BCUT2D eigenvalue weighted by Crippen LogP contribution is -2.66. The van der Waals surface area contributed by atoms with Gasteiger partial charge in [0.05, 0.1) is 39.6 Å². The highest BCUT2D eigenvalue weighted by Gasteiger charge is 2.21. The Kier molecular flexibility index (Phi) is 10.6. The quantitative estimate of drug-likeness (QED) is 0.541. The number of hydrogen-bond acceptors (Lipinski definition) is 5. The topological polar surface area (TPSA) is 124 Å². The predicted molar refractivity (Wildman–Crippen MR) is 90.3 cm³/mol. The molecule has 0 unspecified atom stereocenters. The van der Waals surface area contributed by atoms with Crippen molar-refractivity contribution in [2.24, 2.45) is 0 Å². The van der Waals surface area contributed by atoms with Crippen LogP contribution in [0.4, 0.5) is 0 Å². The fourth-order valence-corrected chi connectivity index (χ4v) is 2.41. The summed E-state index contributed by atoms with van der Waals surface area (Å²) in [5.74, 6) is -0.0362. The lowest BCUT2D eigenvalue weighted by Gasteiger charge is -2.24. The molecular formula is C16H34N4O5+2. The molecule has 0 aromatic heterocycles. The summed E-state index contributed by atoms with van der Waals surface area (Å²) in [7, 11) is 0. The van der Waals surface area contributed by atoms with Gasteiger partial charge in [-0.25, -0.2) is 0 Å². The van der Waals surface area contributed by atoms with E-state index >= 15 is 0 Å². The molecule has 2 atom stereocenters. The van der Waals surface area contributed by atoms with E-state index in [0.29, 0.717) is 65.8 Å². The second-order valence-corrected chi connectivity index (χ2v) is 6.29. The van der Waals surface area contributed by atoms with Crippen molar-refractivity contribution in [3.8, 4) is 0 Å². The fraction of sp³-hybridized carbons (Fsp3) is 0.875. The molecule has 1 rings (SSSR count). The number of nitrogens with zero attached hydrogens (tertiary/aromatic N) is 2. The molecular weight excluding hydrogens is 328 g/mol. The van der Waals surface area contributed by atoms with Crippen molar-refractivity contribution in [3.63, 3.8) is 0 Å². The second-order valence-electron chi connectivity index (χ2n) is 6.29. The van der Waals surface area contributed by atoms with Gasteiger partial charge in [0.1, 0.15) is 0 Å². The molecule has 146 valence electrons. The van der Waals surface area contributed by atoms with Crippen LogP contribution in [0.25, 0.3) is 0 Å². The SMILES string of the molecule is C[C@H]([NH3+])C(=O)N1CCOCCOCCN(C(=O)[C@@H](C)[NH3+])CCOCC1. The third kappa shape index (κ3) is 8.59. The molecule has 25 heavy (non-hydrogen) atoms. The van der Waals surface area contributed by atoms with E-state index in [1.165, 1.54) is 0 Å². The summed E-state index contributed by atoms with van der Waals surface area (Å²) < 4.78 is 16.6. The largest absolute Gasteiger partial charge is 0.378 e. The van der Waals surface area contributed by atoms with Gasteiger partial charge in [0.2, 0.25) is 0 Å². The van der Waals surface area contributed by atoms with Gasteiger partial charge < -0.3 is 35.5 Å². The average molecular weight is 362 g/mol. The van der Waals surface area contributed by atoms with Crippen LogP contribution in [0, 0.1) is 0 Å². The Labute approximate surface area is 149 Å². The molecule has 1 heterocycles. The molecule has 9 heteroatoms. The van der Waals surface area contributed by atoms with E-state index in [4.69, 9.17) is 14.2 Å². The smallest absolute Gasteiger partial charge is 0.280 e. The lowest BCUT2D eigenvalue weighted by atomic mass is 10.3. The molecule has 1 aliphatic heterocycles. The maximum absolute atomic E-state index is 12.2. The van der Waals surface area contributed by atoms with Crippen molar-refractivity contribution in [3.05, 3.63) is 0 Å². The van der Waals surface area contributed by atoms with Gasteiger partial charge in [-0.2, -0.15) is 0 Å². The van der Waals surface area contributed by atoms with Crippen molar-refractivity contribution in [1.29, 1.82) is 0 Å². The molecule has 1 saturated heterocycles. The third-order valence-corrected chi connectivity index (χ3v) is 3.86. The Morgan fingerprint density at radius 3 is 1.24 bits per heavy atom. The van der Waals surface area contributed by atoms with Crippen LogP contribution < -0.4 is 11.5 Å². The summed E-state index contributed by atoms with van der Waals surface area (Å²) in [6.07, 6.45) is 0. The van der Waals surface area contributed by atoms with Gasteiger partial charge >= 0.3 is 0 Å². The van der Waals surface area contributed by atoms with Crippen LogP contribution in [0.1, 0.15) is 13.8 Å². The number of carbonyl (C=O) groups excluding carboxylic acids is 2. The molecule has 0 bridgehead atoms. The Balaban J connectivity index is 2.58. The molecule has 2 amide bonds. The van der Waals surface area contributed by atoms with Gasteiger partial charge in [0.25, 0.3) is 11.8 Å². The highest BCUT2D eigenvalue weighted by molar-refractivity contribution is 5.80. The summed E-state index contributed by atoms with van der Waals surface area (Å²) in [6.45, 7) is 8.17. The Morgan fingerprint density at radius 1 is 0.680 bits per heavy atom. The highest BCUT2D eigenvalue weighted by atomic mass is 16.5. The maximum atomic E-state index is 12.2. The minimum atomic E-state index is -0.308. The van der Waals surface area contributed by atoms with Crippen molar-refractivity contribution in [2.75, 3.05) is 65.8 Å². The molecule has 0 aromatic rings. The lowest BCUT2D eigenvalue weighted by molar-refractivity contribution is -0.400. The normalized spacial score (nSPS) is 21.8. The van der Waals surface area contributed by atoms with Crippen LogP contribution in [0.5, 0.6) is 0 Å². The first kappa shape index (κ1) is 21.8. The monoisotopic (exact) mass is 362 g/mol. The summed E-state index contributed by atoms with van der Waals surface area (Å²) in [5, 5.41) is 0. The van der Waals surface area contributed by atoms with Gasteiger partial charge in [0.15, 0.2) is 12.1 Å². The predicted octanol–water partition coefficient (Wildman–Crippen LogP) is -3.03. The molecule has 1 aliphatic rings. The first-order chi connectivity index (χ1) is 11.9. The van der Waals surface area contributed by atoms with E-state index in [0.717, 1.165) is 0 Å². The van der Waals surface area contributed by atoms with Crippen molar-refractivity contribution in [1.82, 2.24) is 9.80 Å². The van der Waals surface area contributed by atoms with E-state index in [9.17, 15) is 9.59 Å². The molecule has 0 saturated carbocycles. The van der Waals surface area contributed by atoms with E-state index in [2.05, 4.69) is 11.5 Å². The molecule has 0 aromatic carbocycles. The number of hydrogen-bond donors (Lipinski definition) is 2. The zero-order valence-corrected chi connectivity index (χ0v) is 15.6. The van der Waals surface area contributed by atoms with Gasteiger partial charge in [-0.3, -0.25) is 9.59 Å².